The largest absolute Gasteiger partial charge is 0.465 e. The summed E-state index contributed by atoms with van der Waals surface area (Å²) in [5, 5.41) is 0. The molecule has 154 valence electrons. The average Bonchev–Trinajstić information content (AvgIpc) is 3.27. The van der Waals surface area contributed by atoms with Crippen LogP contribution in [0.5, 0.6) is 0 Å². The van der Waals surface area contributed by atoms with Crippen LogP contribution in [0.4, 0.5) is 4.39 Å². The van der Waals surface area contributed by atoms with E-state index in [1.54, 1.807) is 19.1 Å². The number of carbonyl (C=O) groups is 2. The zero-order chi connectivity index (χ0) is 21.0. The van der Waals surface area contributed by atoms with Gasteiger partial charge in [0.05, 0.1) is 36.2 Å². The number of halogens is 1. The van der Waals surface area contributed by atoms with Gasteiger partial charge in [0.25, 0.3) is 0 Å². The van der Waals surface area contributed by atoms with Crippen molar-refractivity contribution in [2.24, 2.45) is 0 Å². The first-order chi connectivity index (χ1) is 14.0. The number of aryl methyl sites for hydroxylation is 1. The SMILES string of the molecule is CCOC(=O)c1c(CC)nc(C2CCCC2)c(C(=O)OC)c1-c1ccc(F)cc1. The lowest BCUT2D eigenvalue weighted by molar-refractivity contribution is 0.0525. The van der Waals surface area contributed by atoms with Gasteiger partial charge in [-0.25, -0.2) is 14.0 Å². The molecule has 0 aliphatic heterocycles. The molecule has 0 N–H and O–H groups in total. The van der Waals surface area contributed by atoms with Crippen molar-refractivity contribution in [2.75, 3.05) is 13.7 Å². The topological polar surface area (TPSA) is 65.5 Å². The molecule has 0 unspecified atom stereocenters. The van der Waals surface area contributed by atoms with Crippen molar-refractivity contribution in [3.05, 3.63) is 52.6 Å². The van der Waals surface area contributed by atoms with Crippen LogP contribution in [-0.2, 0) is 15.9 Å². The van der Waals surface area contributed by atoms with Gasteiger partial charge < -0.3 is 9.47 Å². The maximum Gasteiger partial charge on any atom is 0.340 e. The molecule has 2 aromatic rings. The van der Waals surface area contributed by atoms with Crippen molar-refractivity contribution in [2.45, 2.75) is 51.9 Å². The number of ether oxygens (including phenoxy) is 2. The summed E-state index contributed by atoms with van der Waals surface area (Å²) < 4.78 is 24.0. The molecule has 0 radical (unpaired) electrons. The normalized spacial score (nSPS) is 14.1. The smallest absolute Gasteiger partial charge is 0.340 e. The van der Waals surface area contributed by atoms with E-state index in [2.05, 4.69) is 0 Å². The van der Waals surface area contributed by atoms with E-state index in [1.165, 1.54) is 19.2 Å². The fraction of sp³-hybridized carbons (Fsp3) is 0.435. The molecule has 1 aliphatic carbocycles. The minimum atomic E-state index is -0.549. The van der Waals surface area contributed by atoms with Gasteiger partial charge in [0.15, 0.2) is 0 Å². The van der Waals surface area contributed by atoms with Gasteiger partial charge in [0.1, 0.15) is 5.82 Å². The van der Waals surface area contributed by atoms with Crippen molar-refractivity contribution in [3.8, 4) is 11.1 Å². The van der Waals surface area contributed by atoms with Crippen molar-refractivity contribution in [1.29, 1.82) is 0 Å². The molecule has 0 amide bonds. The lowest BCUT2D eigenvalue weighted by Crippen LogP contribution is -2.20. The quantitative estimate of drug-likeness (QED) is 0.635. The number of nitrogens with zero attached hydrogens (tertiary/aromatic N) is 1. The van der Waals surface area contributed by atoms with Crippen LogP contribution in [0, 0.1) is 5.82 Å². The van der Waals surface area contributed by atoms with Gasteiger partial charge in [-0.3, -0.25) is 4.98 Å². The Morgan fingerprint density at radius 3 is 2.28 bits per heavy atom. The zero-order valence-electron chi connectivity index (χ0n) is 17.1. The first kappa shape index (κ1) is 21.0. The number of pyridine rings is 1. The Morgan fingerprint density at radius 1 is 1.07 bits per heavy atom. The molecule has 0 spiro atoms. The van der Waals surface area contributed by atoms with Gasteiger partial charge in [0.2, 0.25) is 0 Å². The molecule has 1 fully saturated rings. The summed E-state index contributed by atoms with van der Waals surface area (Å²) in [6.07, 6.45) is 4.51. The van der Waals surface area contributed by atoms with Crippen LogP contribution >= 0.6 is 0 Å². The lowest BCUT2D eigenvalue weighted by atomic mass is 9.87. The third kappa shape index (κ3) is 4.16. The van der Waals surface area contributed by atoms with Crippen molar-refractivity contribution < 1.29 is 23.5 Å². The van der Waals surface area contributed by atoms with Crippen molar-refractivity contribution in [3.63, 3.8) is 0 Å². The van der Waals surface area contributed by atoms with E-state index in [9.17, 15) is 14.0 Å². The molecule has 1 aromatic carbocycles. The van der Waals surface area contributed by atoms with Gasteiger partial charge >= 0.3 is 11.9 Å². The zero-order valence-corrected chi connectivity index (χ0v) is 17.1. The second kappa shape index (κ2) is 9.16. The Labute approximate surface area is 170 Å². The van der Waals surface area contributed by atoms with E-state index in [1.807, 2.05) is 6.92 Å². The van der Waals surface area contributed by atoms with Crippen LogP contribution in [0.25, 0.3) is 11.1 Å². The maximum atomic E-state index is 13.6. The molecule has 1 heterocycles. The molecular formula is C23H26FNO4. The molecule has 6 heteroatoms. The molecule has 29 heavy (non-hydrogen) atoms. The van der Waals surface area contributed by atoms with E-state index >= 15 is 0 Å². The number of hydrogen-bond donors (Lipinski definition) is 0. The molecule has 0 saturated heterocycles. The Morgan fingerprint density at radius 2 is 1.72 bits per heavy atom. The van der Waals surface area contributed by atoms with E-state index in [0.717, 1.165) is 25.7 Å². The second-order valence-electron chi connectivity index (χ2n) is 7.12. The summed E-state index contributed by atoms with van der Waals surface area (Å²) in [7, 11) is 1.31. The van der Waals surface area contributed by atoms with Crippen LogP contribution in [0.2, 0.25) is 0 Å². The monoisotopic (exact) mass is 399 g/mol. The van der Waals surface area contributed by atoms with E-state index in [-0.39, 0.29) is 23.7 Å². The lowest BCUT2D eigenvalue weighted by Gasteiger charge is -2.22. The number of carbonyl (C=O) groups excluding carboxylic acids is 2. The van der Waals surface area contributed by atoms with Crippen LogP contribution in [-0.4, -0.2) is 30.6 Å². The van der Waals surface area contributed by atoms with E-state index < -0.39 is 17.8 Å². The van der Waals surface area contributed by atoms with Crippen molar-refractivity contribution in [1.82, 2.24) is 4.98 Å². The highest BCUT2D eigenvalue weighted by Crippen LogP contribution is 2.40. The maximum absolute atomic E-state index is 13.6. The van der Waals surface area contributed by atoms with Gasteiger partial charge in [0, 0.05) is 11.5 Å². The summed E-state index contributed by atoms with van der Waals surface area (Å²) in [5.74, 6) is -1.36. The third-order valence-corrected chi connectivity index (χ3v) is 5.38. The van der Waals surface area contributed by atoms with Gasteiger partial charge in [-0.2, -0.15) is 0 Å². The highest BCUT2D eigenvalue weighted by atomic mass is 19.1. The van der Waals surface area contributed by atoms with Crippen LogP contribution < -0.4 is 0 Å². The molecule has 1 saturated carbocycles. The minimum absolute atomic E-state index is 0.129. The minimum Gasteiger partial charge on any atom is -0.465 e. The van der Waals surface area contributed by atoms with Crippen LogP contribution in [0.3, 0.4) is 0 Å². The van der Waals surface area contributed by atoms with Gasteiger partial charge in [-0.15, -0.1) is 0 Å². The number of esters is 2. The van der Waals surface area contributed by atoms with E-state index in [0.29, 0.717) is 28.9 Å². The first-order valence-electron chi connectivity index (χ1n) is 10.1. The van der Waals surface area contributed by atoms with Crippen molar-refractivity contribution >= 4 is 11.9 Å². The summed E-state index contributed by atoms with van der Waals surface area (Å²) in [5.41, 5.74) is 2.76. The highest BCUT2D eigenvalue weighted by molar-refractivity contribution is 6.07. The number of methoxy groups -OCH3 is 1. The van der Waals surface area contributed by atoms with Gasteiger partial charge in [-0.1, -0.05) is 31.9 Å². The number of aromatic nitrogens is 1. The third-order valence-electron chi connectivity index (χ3n) is 5.38. The predicted octanol–water partition coefficient (Wildman–Crippen LogP) is 5.07. The Bertz CT molecular complexity index is 902. The number of benzene rings is 1. The Hall–Kier alpha value is -2.76. The fourth-order valence-corrected chi connectivity index (χ4v) is 4.04. The fourth-order valence-electron chi connectivity index (χ4n) is 4.04. The van der Waals surface area contributed by atoms with Gasteiger partial charge in [-0.05, 0) is 43.9 Å². The molecular weight excluding hydrogens is 373 g/mol. The predicted molar refractivity (Wildman–Crippen MR) is 108 cm³/mol. The molecule has 0 bridgehead atoms. The molecule has 3 rings (SSSR count). The molecule has 1 aromatic heterocycles. The average molecular weight is 399 g/mol. The first-order valence-corrected chi connectivity index (χ1v) is 10.1. The summed E-state index contributed by atoms with van der Waals surface area (Å²) >= 11 is 0. The summed E-state index contributed by atoms with van der Waals surface area (Å²) in [6.45, 7) is 3.83. The van der Waals surface area contributed by atoms with Crippen LogP contribution in [0.1, 0.15) is 77.6 Å². The summed E-state index contributed by atoms with van der Waals surface area (Å²) in [4.78, 5) is 30.6. The highest BCUT2D eigenvalue weighted by Gasteiger charge is 2.33. The summed E-state index contributed by atoms with van der Waals surface area (Å²) in [6, 6.07) is 5.76. The molecule has 0 atom stereocenters. The second-order valence-corrected chi connectivity index (χ2v) is 7.12. The van der Waals surface area contributed by atoms with Crippen LogP contribution in [0.15, 0.2) is 24.3 Å². The Balaban J connectivity index is 2.39. The van der Waals surface area contributed by atoms with E-state index in [4.69, 9.17) is 14.5 Å². The standard InChI is InChI=1S/C23H26FNO4/c1-4-17-19(23(27)29-5-2)18(14-10-12-16(24)13-11-14)20(22(26)28-3)21(25-17)15-8-6-7-9-15/h10-13,15H,4-9H2,1-3H3. The Kier molecular flexibility index (Phi) is 6.62. The number of rotatable bonds is 6. The molecule has 1 aliphatic rings. The number of hydrogen-bond acceptors (Lipinski definition) is 5. The molecule has 5 nitrogen and oxygen atoms in total.